The molecule has 1 unspecified atom stereocenters. The lowest BCUT2D eigenvalue weighted by molar-refractivity contribution is 0.0647. The van der Waals surface area contributed by atoms with Gasteiger partial charge in [-0.05, 0) is 25.8 Å². The Morgan fingerprint density at radius 2 is 2.16 bits per heavy atom. The molecular formula is C14H30N2O2Si. The second-order valence-corrected chi connectivity index (χ2v) is 12.2. The zero-order valence-electron chi connectivity index (χ0n) is 12.9. The highest BCUT2D eigenvalue weighted by atomic mass is 28.3. The fourth-order valence-electron chi connectivity index (χ4n) is 2.22. The summed E-state index contributed by atoms with van der Waals surface area (Å²) in [7, 11) is -0.990. The molecule has 0 aromatic heterocycles. The molecule has 0 radical (unpaired) electrons. The second-order valence-electron chi connectivity index (χ2n) is 6.58. The van der Waals surface area contributed by atoms with Gasteiger partial charge in [0.15, 0.2) is 0 Å². The normalized spacial score (nSPS) is 18.4. The van der Waals surface area contributed by atoms with Crippen LogP contribution in [0.4, 0.5) is 0 Å². The summed E-state index contributed by atoms with van der Waals surface area (Å²) >= 11 is 0. The van der Waals surface area contributed by atoms with Gasteiger partial charge in [0.2, 0.25) is 0 Å². The summed E-state index contributed by atoms with van der Waals surface area (Å²) in [6.07, 6.45) is 4.65. The van der Waals surface area contributed by atoms with Crippen LogP contribution in [0.2, 0.25) is 25.7 Å². The van der Waals surface area contributed by atoms with E-state index in [0.717, 1.165) is 26.2 Å². The van der Waals surface area contributed by atoms with Crippen LogP contribution in [0.1, 0.15) is 19.8 Å². The first kappa shape index (κ1) is 16.7. The Balaban J connectivity index is 2.38. The average Bonchev–Trinajstić information content (AvgIpc) is 2.34. The van der Waals surface area contributed by atoms with Crippen LogP contribution in [0.15, 0.2) is 11.8 Å². The Kier molecular flexibility index (Phi) is 7.06. The average molecular weight is 286 g/mol. The third-order valence-corrected chi connectivity index (χ3v) is 5.17. The topological polar surface area (TPSA) is 47.7 Å². The summed E-state index contributed by atoms with van der Waals surface area (Å²) in [6.45, 7) is 12.5. The minimum Gasteiger partial charge on any atom is -0.376 e. The summed E-state index contributed by atoms with van der Waals surface area (Å²) in [5.74, 6) is 5.18. The number of nitrogens with zero attached hydrogens (tertiary/aromatic N) is 1. The minimum absolute atomic E-state index is 0.317. The van der Waals surface area contributed by atoms with E-state index < -0.39 is 8.07 Å². The first-order chi connectivity index (χ1) is 8.94. The molecule has 1 aliphatic rings. The number of hydrogen-bond acceptors (Lipinski definition) is 4. The molecule has 1 aliphatic heterocycles. The number of hydrogen-bond donors (Lipinski definition) is 1. The summed E-state index contributed by atoms with van der Waals surface area (Å²) < 4.78 is 5.86. The highest BCUT2D eigenvalue weighted by Gasteiger charge is 2.20. The van der Waals surface area contributed by atoms with Gasteiger partial charge in [0.1, 0.15) is 0 Å². The molecule has 0 fully saturated rings. The van der Waals surface area contributed by atoms with E-state index in [1.807, 2.05) is 0 Å². The highest BCUT2D eigenvalue weighted by molar-refractivity contribution is 6.76. The molecule has 0 bridgehead atoms. The smallest absolute Gasteiger partial charge is 0.0879 e. The lowest BCUT2D eigenvalue weighted by Crippen LogP contribution is -2.40. The number of nitrogens with two attached hydrogens (primary N) is 1. The largest absolute Gasteiger partial charge is 0.376 e. The molecule has 0 aliphatic carbocycles. The van der Waals surface area contributed by atoms with Crippen LogP contribution in [0.3, 0.4) is 0 Å². The van der Waals surface area contributed by atoms with Crippen molar-refractivity contribution in [1.82, 2.24) is 4.90 Å². The predicted molar refractivity (Wildman–Crippen MR) is 82.6 cm³/mol. The SMILES string of the molecule is CC(CON)N1CCCC=C1COCC[Si](C)(C)C. The van der Waals surface area contributed by atoms with Crippen molar-refractivity contribution < 1.29 is 9.57 Å². The summed E-state index contributed by atoms with van der Waals surface area (Å²) in [5, 5.41) is 0. The minimum atomic E-state index is -0.990. The third-order valence-electron chi connectivity index (χ3n) is 3.47. The lowest BCUT2D eigenvalue weighted by atomic mass is 10.1. The van der Waals surface area contributed by atoms with Crippen LogP contribution in [0, 0.1) is 0 Å². The van der Waals surface area contributed by atoms with Crippen LogP contribution < -0.4 is 5.90 Å². The van der Waals surface area contributed by atoms with E-state index in [9.17, 15) is 0 Å². The number of rotatable bonds is 8. The van der Waals surface area contributed by atoms with E-state index in [2.05, 4.69) is 37.5 Å². The van der Waals surface area contributed by atoms with Crippen molar-refractivity contribution in [2.24, 2.45) is 5.90 Å². The molecule has 0 spiro atoms. The second kappa shape index (κ2) is 8.04. The van der Waals surface area contributed by atoms with Crippen molar-refractivity contribution in [2.75, 3.05) is 26.4 Å². The maximum Gasteiger partial charge on any atom is 0.0879 e. The third kappa shape index (κ3) is 6.56. The van der Waals surface area contributed by atoms with Gasteiger partial charge in [0, 0.05) is 26.9 Å². The van der Waals surface area contributed by atoms with E-state index in [4.69, 9.17) is 15.5 Å². The van der Waals surface area contributed by atoms with Crippen molar-refractivity contribution in [3.8, 4) is 0 Å². The quantitative estimate of drug-likeness (QED) is 0.423. The maximum atomic E-state index is 5.86. The van der Waals surface area contributed by atoms with Gasteiger partial charge in [-0.1, -0.05) is 25.7 Å². The van der Waals surface area contributed by atoms with Gasteiger partial charge in [-0.25, -0.2) is 5.90 Å². The Morgan fingerprint density at radius 1 is 1.42 bits per heavy atom. The Morgan fingerprint density at radius 3 is 2.79 bits per heavy atom. The zero-order valence-corrected chi connectivity index (χ0v) is 13.9. The zero-order chi connectivity index (χ0) is 14.3. The summed E-state index contributed by atoms with van der Waals surface area (Å²) in [6, 6.07) is 1.54. The van der Waals surface area contributed by atoms with Gasteiger partial charge >= 0.3 is 0 Å². The van der Waals surface area contributed by atoms with E-state index in [1.54, 1.807) is 0 Å². The molecule has 0 saturated carbocycles. The molecule has 19 heavy (non-hydrogen) atoms. The van der Waals surface area contributed by atoms with Gasteiger partial charge in [0.05, 0.1) is 19.3 Å². The molecular weight excluding hydrogens is 256 g/mol. The molecule has 0 saturated heterocycles. The molecule has 1 heterocycles. The molecule has 112 valence electrons. The lowest BCUT2D eigenvalue weighted by Gasteiger charge is -2.35. The Labute approximate surface area is 118 Å². The molecule has 5 heteroatoms. The highest BCUT2D eigenvalue weighted by Crippen LogP contribution is 2.19. The van der Waals surface area contributed by atoms with E-state index in [1.165, 1.54) is 18.2 Å². The Hall–Kier alpha value is -0.363. The molecule has 0 amide bonds. The number of ether oxygens (including phenoxy) is 1. The van der Waals surface area contributed by atoms with Crippen LogP contribution in [0.5, 0.6) is 0 Å². The van der Waals surface area contributed by atoms with E-state index >= 15 is 0 Å². The molecule has 4 nitrogen and oxygen atoms in total. The Bertz CT molecular complexity index is 290. The van der Waals surface area contributed by atoms with Crippen LogP contribution in [0.25, 0.3) is 0 Å². The monoisotopic (exact) mass is 286 g/mol. The van der Waals surface area contributed by atoms with Gasteiger partial charge < -0.3 is 14.5 Å². The van der Waals surface area contributed by atoms with E-state index in [0.29, 0.717) is 12.6 Å². The molecule has 0 aromatic carbocycles. The first-order valence-electron chi connectivity index (χ1n) is 7.29. The fourth-order valence-corrected chi connectivity index (χ4v) is 2.98. The van der Waals surface area contributed by atoms with Crippen molar-refractivity contribution in [3.63, 3.8) is 0 Å². The van der Waals surface area contributed by atoms with Crippen LogP contribution in [-0.2, 0) is 9.57 Å². The first-order valence-corrected chi connectivity index (χ1v) is 11.0. The fraction of sp³-hybridized carbons (Fsp3) is 0.857. The maximum absolute atomic E-state index is 5.86. The molecule has 1 atom stereocenters. The predicted octanol–water partition coefficient (Wildman–Crippen LogP) is 2.60. The van der Waals surface area contributed by atoms with Gasteiger partial charge in [-0.3, -0.25) is 0 Å². The van der Waals surface area contributed by atoms with Crippen molar-refractivity contribution >= 4 is 8.07 Å². The van der Waals surface area contributed by atoms with E-state index in [-0.39, 0.29) is 0 Å². The van der Waals surface area contributed by atoms with Gasteiger partial charge in [0.25, 0.3) is 0 Å². The van der Waals surface area contributed by atoms with Crippen molar-refractivity contribution in [1.29, 1.82) is 0 Å². The molecule has 1 rings (SSSR count). The molecule has 2 N–H and O–H groups in total. The summed E-state index contributed by atoms with van der Waals surface area (Å²) in [5.41, 5.74) is 1.30. The van der Waals surface area contributed by atoms with Crippen molar-refractivity contribution in [2.45, 2.75) is 51.5 Å². The van der Waals surface area contributed by atoms with Crippen LogP contribution in [-0.4, -0.2) is 45.4 Å². The summed E-state index contributed by atoms with van der Waals surface area (Å²) in [4.78, 5) is 7.14. The van der Waals surface area contributed by atoms with Gasteiger partial charge in [-0.2, -0.15) is 0 Å². The van der Waals surface area contributed by atoms with Crippen LogP contribution >= 0.6 is 0 Å². The number of allylic oxidation sites excluding steroid dienone is 1. The van der Waals surface area contributed by atoms with Gasteiger partial charge in [-0.15, -0.1) is 0 Å². The standard InChI is InChI=1S/C14H30N2O2Si/c1-13(11-18-15)16-8-6-5-7-14(16)12-17-9-10-19(2,3)4/h7,13H,5-6,8-12,15H2,1-4H3. The van der Waals surface area contributed by atoms with Crippen molar-refractivity contribution in [3.05, 3.63) is 11.8 Å². The molecule has 0 aromatic rings.